The van der Waals surface area contributed by atoms with E-state index >= 15 is 0 Å². The van der Waals surface area contributed by atoms with Crippen LogP contribution >= 0.6 is 11.3 Å². The molecule has 1 aromatic carbocycles. The second kappa shape index (κ2) is 8.19. The van der Waals surface area contributed by atoms with Gasteiger partial charge in [0.15, 0.2) is 0 Å². The number of carbonyl (C=O) groups excluding carboxylic acids is 1. The molecule has 122 valence electrons. The molecule has 0 atom stereocenters. The summed E-state index contributed by atoms with van der Waals surface area (Å²) in [5.41, 5.74) is 1.61. The van der Waals surface area contributed by atoms with Crippen molar-refractivity contribution in [2.75, 3.05) is 19.7 Å². The smallest absolute Gasteiger partial charge is 0.267 e. The van der Waals surface area contributed by atoms with E-state index in [1.807, 2.05) is 38.1 Å². The third-order valence-electron chi connectivity index (χ3n) is 3.25. The van der Waals surface area contributed by atoms with Gasteiger partial charge in [-0.3, -0.25) is 4.79 Å². The highest BCUT2D eigenvalue weighted by Crippen LogP contribution is 2.30. The van der Waals surface area contributed by atoms with E-state index in [0.29, 0.717) is 17.2 Å². The SMILES string of the molecule is C#CCN(CC#C)C(=O)c1sc(-c2ccc(OCC)cc2)nc1C. The summed E-state index contributed by atoms with van der Waals surface area (Å²) >= 11 is 1.34. The van der Waals surface area contributed by atoms with Gasteiger partial charge in [0, 0.05) is 5.56 Å². The number of terminal acetylenes is 2. The Hall–Kier alpha value is -2.76. The van der Waals surface area contributed by atoms with E-state index in [-0.39, 0.29) is 19.0 Å². The van der Waals surface area contributed by atoms with Crippen LogP contribution in [0.5, 0.6) is 5.75 Å². The Labute approximate surface area is 146 Å². The first-order chi connectivity index (χ1) is 11.6. The van der Waals surface area contributed by atoms with Crippen molar-refractivity contribution < 1.29 is 9.53 Å². The van der Waals surface area contributed by atoms with Crippen LogP contribution in [-0.4, -0.2) is 35.5 Å². The van der Waals surface area contributed by atoms with Crippen molar-refractivity contribution in [1.29, 1.82) is 0 Å². The van der Waals surface area contributed by atoms with Crippen LogP contribution < -0.4 is 4.74 Å². The molecule has 1 aromatic heterocycles. The van der Waals surface area contributed by atoms with Gasteiger partial charge < -0.3 is 9.64 Å². The third kappa shape index (κ3) is 3.95. The predicted molar refractivity (Wildman–Crippen MR) is 97.0 cm³/mol. The molecule has 0 N–H and O–H groups in total. The van der Waals surface area contributed by atoms with E-state index in [1.165, 1.54) is 16.2 Å². The molecule has 5 heteroatoms. The average molecular weight is 338 g/mol. The summed E-state index contributed by atoms with van der Waals surface area (Å²) in [6.07, 6.45) is 10.6. The number of thiazole rings is 1. The summed E-state index contributed by atoms with van der Waals surface area (Å²) in [7, 11) is 0. The maximum Gasteiger partial charge on any atom is 0.267 e. The summed E-state index contributed by atoms with van der Waals surface area (Å²) in [6.45, 7) is 4.73. The normalized spacial score (nSPS) is 9.83. The minimum absolute atomic E-state index is 0.179. The maximum atomic E-state index is 12.6. The lowest BCUT2D eigenvalue weighted by atomic mass is 10.2. The van der Waals surface area contributed by atoms with Gasteiger partial charge in [-0.15, -0.1) is 24.2 Å². The van der Waals surface area contributed by atoms with Gasteiger partial charge in [0.05, 0.1) is 25.4 Å². The zero-order valence-electron chi connectivity index (χ0n) is 13.7. The predicted octanol–water partition coefficient (Wildman–Crippen LogP) is 3.23. The number of hydrogen-bond acceptors (Lipinski definition) is 4. The molecule has 0 saturated heterocycles. The molecule has 0 aliphatic rings. The molecule has 0 saturated carbocycles. The molecule has 2 rings (SSSR count). The Bertz CT molecular complexity index is 778. The van der Waals surface area contributed by atoms with E-state index in [2.05, 4.69) is 16.8 Å². The van der Waals surface area contributed by atoms with Crippen molar-refractivity contribution in [2.24, 2.45) is 0 Å². The standard InChI is InChI=1S/C19H18N2O2S/c1-5-12-21(13-6-2)19(22)17-14(4)20-18(24-17)15-8-10-16(11-9-15)23-7-3/h1-2,8-11H,7,12-13H2,3-4H3. The lowest BCUT2D eigenvalue weighted by molar-refractivity contribution is 0.0800. The van der Waals surface area contributed by atoms with Gasteiger partial charge in [-0.25, -0.2) is 4.98 Å². The lowest BCUT2D eigenvalue weighted by Gasteiger charge is -2.16. The van der Waals surface area contributed by atoms with Crippen molar-refractivity contribution in [3.8, 4) is 41.0 Å². The summed E-state index contributed by atoms with van der Waals surface area (Å²) in [5.74, 6) is 5.54. The molecule has 0 aliphatic heterocycles. The van der Waals surface area contributed by atoms with Crippen molar-refractivity contribution in [3.05, 3.63) is 34.8 Å². The van der Waals surface area contributed by atoms with Crippen LogP contribution in [0.2, 0.25) is 0 Å². The molecular weight excluding hydrogens is 320 g/mol. The Morgan fingerprint density at radius 3 is 2.42 bits per heavy atom. The number of ether oxygens (including phenoxy) is 1. The number of aryl methyl sites for hydroxylation is 1. The van der Waals surface area contributed by atoms with E-state index in [9.17, 15) is 4.79 Å². The molecule has 0 aliphatic carbocycles. The highest BCUT2D eigenvalue weighted by molar-refractivity contribution is 7.17. The van der Waals surface area contributed by atoms with Gasteiger partial charge in [-0.05, 0) is 38.1 Å². The largest absolute Gasteiger partial charge is 0.494 e. The third-order valence-corrected chi connectivity index (χ3v) is 4.45. The fourth-order valence-electron chi connectivity index (χ4n) is 2.14. The molecule has 0 unspecified atom stereocenters. The number of carbonyl (C=O) groups is 1. The molecule has 0 spiro atoms. The minimum Gasteiger partial charge on any atom is -0.494 e. The van der Waals surface area contributed by atoms with Crippen LogP contribution in [0.1, 0.15) is 22.3 Å². The Morgan fingerprint density at radius 1 is 1.25 bits per heavy atom. The van der Waals surface area contributed by atoms with E-state index < -0.39 is 0 Å². The lowest BCUT2D eigenvalue weighted by Crippen LogP contribution is -2.31. The summed E-state index contributed by atoms with van der Waals surface area (Å²) in [5, 5.41) is 0.778. The molecule has 1 heterocycles. The fraction of sp³-hybridized carbons (Fsp3) is 0.263. The molecular formula is C19H18N2O2S. The van der Waals surface area contributed by atoms with Gasteiger partial charge in [-0.2, -0.15) is 0 Å². The van der Waals surface area contributed by atoms with Gasteiger partial charge in [0.2, 0.25) is 0 Å². The first-order valence-electron chi connectivity index (χ1n) is 7.47. The van der Waals surface area contributed by atoms with E-state index in [0.717, 1.165) is 16.3 Å². The number of nitrogens with zero attached hydrogens (tertiary/aromatic N) is 2. The maximum absolute atomic E-state index is 12.6. The highest BCUT2D eigenvalue weighted by Gasteiger charge is 2.21. The quantitative estimate of drug-likeness (QED) is 0.760. The number of rotatable bonds is 6. The Morgan fingerprint density at radius 2 is 1.88 bits per heavy atom. The number of aromatic nitrogens is 1. The van der Waals surface area contributed by atoms with Crippen molar-refractivity contribution in [1.82, 2.24) is 9.88 Å². The van der Waals surface area contributed by atoms with Crippen LogP contribution in [0.25, 0.3) is 10.6 Å². The number of benzene rings is 1. The van der Waals surface area contributed by atoms with Crippen LogP contribution in [0.3, 0.4) is 0 Å². The molecule has 0 bridgehead atoms. The topological polar surface area (TPSA) is 42.4 Å². The zero-order valence-corrected chi connectivity index (χ0v) is 14.5. The fourth-order valence-corrected chi connectivity index (χ4v) is 3.18. The molecule has 24 heavy (non-hydrogen) atoms. The Kier molecular flexibility index (Phi) is 6.01. The first kappa shape index (κ1) is 17.6. The van der Waals surface area contributed by atoms with E-state index in [4.69, 9.17) is 17.6 Å². The van der Waals surface area contributed by atoms with Crippen molar-refractivity contribution in [2.45, 2.75) is 13.8 Å². The summed E-state index contributed by atoms with van der Waals surface area (Å²) in [4.78, 5) is 19.1. The van der Waals surface area contributed by atoms with E-state index in [1.54, 1.807) is 0 Å². The van der Waals surface area contributed by atoms with Gasteiger partial charge >= 0.3 is 0 Å². The number of hydrogen-bond donors (Lipinski definition) is 0. The zero-order chi connectivity index (χ0) is 17.5. The molecule has 0 fully saturated rings. The van der Waals surface area contributed by atoms with Gasteiger partial charge in [0.1, 0.15) is 15.6 Å². The monoisotopic (exact) mass is 338 g/mol. The average Bonchev–Trinajstić information content (AvgIpc) is 2.97. The second-order valence-electron chi connectivity index (χ2n) is 4.96. The molecule has 0 radical (unpaired) electrons. The van der Waals surface area contributed by atoms with Crippen LogP contribution in [-0.2, 0) is 0 Å². The second-order valence-corrected chi connectivity index (χ2v) is 5.96. The van der Waals surface area contributed by atoms with Crippen molar-refractivity contribution >= 4 is 17.2 Å². The minimum atomic E-state index is -0.182. The molecule has 1 amide bonds. The van der Waals surface area contributed by atoms with Crippen molar-refractivity contribution in [3.63, 3.8) is 0 Å². The first-order valence-corrected chi connectivity index (χ1v) is 8.29. The van der Waals surface area contributed by atoms with Gasteiger partial charge in [-0.1, -0.05) is 11.8 Å². The molecule has 2 aromatic rings. The Balaban J connectivity index is 2.28. The highest BCUT2D eigenvalue weighted by atomic mass is 32.1. The number of amides is 1. The summed E-state index contributed by atoms with van der Waals surface area (Å²) in [6, 6.07) is 7.64. The van der Waals surface area contributed by atoms with Crippen LogP contribution in [0, 0.1) is 31.6 Å². The van der Waals surface area contributed by atoms with Crippen LogP contribution in [0.15, 0.2) is 24.3 Å². The van der Waals surface area contributed by atoms with Crippen LogP contribution in [0.4, 0.5) is 0 Å². The molecule has 4 nitrogen and oxygen atoms in total. The van der Waals surface area contributed by atoms with Gasteiger partial charge in [0.25, 0.3) is 5.91 Å². The summed E-state index contributed by atoms with van der Waals surface area (Å²) < 4.78 is 5.43.